The van der Waals surface area contributed by atoms with Gasteiger partial charge in [-0.25, -0.2) is 9.59 Å². The molecule has 0 aliphatic rings. The van der Waals surface area contributed by atoms with Crippen molar-refractivity contribution in [2.24, 2.45) is 5.92 Å². The maximum Gasteiger partial charge on any atom is 0.335 e. The normalized spacial score (nSPS) is 11.8. The van der Waals surface area contributed by atoms with E-state index in [9.17, 15) is 9.59 Å². The van der Waals surface area contributed by atoms with Crippen LogP contribution in [0.3, 0.4) is 0 Å². The maximum absolute atomic E-state index is 11.7. The Bertz CT molecular complexity index is 493. The second-order valence-electron chi connectivity index (χ2n) is 4.43. The molecule has 0 aliphatic heterocycles. The van der Waals surface area contributed by atoms with Gasteiger partial charge in [0, 0.05) is 24.4 Å². The smallest absolute Gasteiger partial charge is 0.335 e. The molecular formula is C13H17ClN2O4. The monoisotopic (exact) mass is 300 g/mol. The number of carbonyl (C=O) groups excluding carboxylic acids is 1. The number of aromatic carboxylic acids is 1. The van der Waals surface area contributed by atoms with Crippen LogP contribution < -0.4 is 10.6 Å². The quantitative estimate of drug-likeness (QED) is 0.753. The average Bonchev–Trinajstić information content (AvgIpc) is 2.36. The Kier molecular flexibility index (Phi) is 6.27. The molecule has 0 fully saturated rings. The Balaban J connectivity index is 2.59. The molecule has 1 aromatic rings. The number of ether oxygens (including phenoxy) is 1. The summed E-state index contributed by atoms with van der Waals surface area (Å²) in [5.41, 5.74) is 0.340. The molecule has 0 heterocycles. The van der Waals surface area contributed by atoms with Crippen molar-refractivity contribution in [1.82, 2.24) is 5.32 Å². The number of halogens is 1. The van der Waals surface area contributed by atoms with Crippen LogP contribution in [0.4, 0.5) is 10.5 Å². The predicted octanol–water partition coefficient (Wildman–Crippen LogP) is 2.44. The van der Waals surface area contributed by atoms with E-state index in [0.29, 0.717) is 18.8 Å². The lowest BCUT2D eigenvalue weighted by molar-refractivity contribution is 0.0697. The molecule has 0 saturated heterocycles. The van der Waals surface area contributed by atoms with Gasteiger partial charge in [-0.1, -0.05) is 18.5 Å². The van der Waals surface area contributed by atoms with E-state index in [1.165, 1.54) is 18.2 Å². The summed E-state index contributed by atoms with van der Waals surface area (Å²) >= 11 is 5.79. The molecule has 0 bridgehead atoms. The molecule has 3 N–H and O–H groups in total. The zero-order valence-corrected chi connectivity index (χ0v) is 12.0. The first-order valence-electron chi connectivity index (χ1n) is 6.00. The number of carbonyl (C=O) groups is 2. The SMILES string of the molecule is COCC(C)CNC(=O)Nc1cc(Cl)cc(C(=O)O)c1. The fourth-order valence-corrected chi connectivity index (χ4v) is 1.81. The van der Waals surface area contributed by atoms with Gasteiger partial charge in [-0.05, 0) is 24.1 Å². The van der Waals surface area contributed by atoms with Crippen molar-refractivity contribution in [3.05, 3.63) is 28.8 Å². The lowest BCUT2D eigenvalue weighted by Crippen LogP contribution is -2.33. The van der Waals surface area contributed by atoms with Crippen LogP contribution in [0.15, 0.2) is 18.2 Å². The molecule has 1 aromatic carbocycles. The second kappa shape index (κ2) is 7.72. The minimum absolute atomic E-state index is 0.0144. The highest BCUT2D eigenvalue weighted by Crippen LogP contribution is 2.19. The van der Waals surface area contributed by atoms with Gasteiger partial charge < -0.3 is 20.5 Å². The van der Waals surface area contributed by atoms with Gasteiger partial charge in [-0.15, -0.1) is 0 Å². The standard InChI is InChI=1S/C13H17ClN2O4/c1-8(7-20-2)6-15-13(19)16-11-4-9(12(17)18)3-10(14)5-11/h3-5,8H,6-7H2,1-2H3,(H,17,18)(H2,15,16,19). The van der Waals surface area contributed by atoms with Crippen LogP contribution in [-0.4, -0.2) is 37.4 Å². The largest absolute Gasteiger partial charge is 0.478 e. The molecule has 2 amide bonds. The van der Waals surface area contributed by atoms with Gasteiger partial charge in [-0.2, -0.15) is 0 Å². The molecule has 0 radical (unpaired) electrons. The summed E-state index contributed by atoms with van der Waals surface area (Å²) in [4.78, 5) is 22.5. The van der Waals surface area contributed by atoms with E-state index in [2.05, 4.69) is 10.6 Å². The molecular weight excluding hydrogens is 284 g/mol. The molecule has 1 unspecified atom stereocenters. The van der Waals surface area contributed by atoms with Crippen LogP contribution in [-0.2, 0) is 4.74 Å². The van der Waals surface area contributed by atoms with Crippen molar-refractivity contribution < 1.29 is 19.4 Å². The van der Waals surface area contributed by atoms with Crippen molar-refractivity contribution in [2.75, 3.05) is 25.6 Å². The van der Waals surface area contributed by atoms with Crippen molar-refractivity contribution >= 4 is 29.3 Å². The maximum atomic E-state index is 11.7. The number of carboxylic acids is 1. The van der Waals surface area contributed by atoms with Crippen LogP contribution in [0, 0.1) is 5.92 Å². The van der Waals surface area contributed by atoms with Gasteiger partial charge in [-0.3, -0.25) is 0 Å². The van der Waals surface area contributed by atoms with E-state index in [1.54, 1.807) is 7.11 Å². The van der Waals surface area contributed by atoms with Gasteiger partial charge in [0.15, 0.2) is 0 Å². The number of hydrogen-bond acceptors (Lipinski definition) is 3. The summed E-state index contributed by atoms with van der Waals surface area (Å²) in [6.07, 6.45) is 0. The van der Waals surface area contributed by atoms with E-state index >= 15 is 0 Å². The first-order chi connectivity index (χ1) is 9.42. The minimum Gasteiger partial charge on any atom is -0.478 e. The Morgan fingerprint density at radius 2 is 2.10 bits per heavy atom. The van der Waals surface area contributed by atoms with Gasteiger partial charge in [0.1, 0.15) is 0 Å². The zero-order valence-electron chi connectivity index (χ0n) is 11.3. The Hall–Kier alpha value is -1.79. The van der Waals surface area contributed by atoms with Crippen molar-refractivity contribution in [1.29, 1.82) is 0 Å². The lowest BCUT2D eigenvalue weighted by atomic mass is 10.2. The number of benzene rings is 1. The number of carboxylic acid groups (broad SMARTS) is 1. The molecule has 1 rings (SSSR count). The molecule has 0 aliphatic carbocycles. The van der Waals surface area contributed by atoms with Gasteiger partial charge in [0.2, 0.25) is 0 Å². The van der Waals surface area contributed by atoms with Gasteiger partial charge in [0.05, 0.1) is 12.2 Å². The molecule has 110 valence electrons. The summed E-state index contributed by atoms with van der Waals surface area (Å²) in [7, 11) is 1.59. The van der Waals surface area contributed by atoms with Crippen molar-refractivity contribution in [3.8, 4) is 0 Å². The second-order valence-corrected chi connectivity index (χ2v) is 4.87. The fraction of sp³-hybridized carbons (Fsp3) is 0.385. The number of anilines is 1. The highest BCUT2D eigenvalue weighted by atomic mass is 35.5. The van der Waals surface area contributed by atoms with Crippen LogP contribution >= 0.6 is 11.6 Å². The molecule has 1 atom stereocenters. The molecule has 0 spiro atoms. The Morgan fingerprint density at radius 3 is 2.70 bits per heavy atom. The number of rotatable bonds is 6. The van der Waals surface area contributed by atoms with Gasteiger partial charge >= 0.3 is 12.0 Å². The zero-order chi connectivity index (χ0) is 15.1. The van der Waals surface area contributed by atoms with E-state index in [0.717, 1.165) is 0 Å². The number of hydrogen-bond donors (Lipinski definition) is 3. The molecule has 20 heavy (non-hydrogen) atoms. The molecule has 7 heteroatoms. The van der Waals surface area contributed by atoms with Crippen LogP contribution in [0.5, 0.6) is 0 Å². The lowest BCUT2D eigenvalue weighted by Gasteiger charge is -2.12. The summed E-state index contributed by atoms with van der Waals surface area (Å²) in [6.45, 7) is 2.93. The summed E-state index contributed by atoms with van der Waals surface area (Å²) in [5, 5.41) is 14.3. The number of urea groups is 1. The average molecular weight is 301 g/mol. The van der Waals surface area contributed by atoms with E-state index < -0.39 is 12.0 Å². The first kappa shape index (κ1) is 16.3. The van der Waals surface area contributed by atoms with Gasteiger partial charge in [0.25, 0.3) is 0 Å². The van der Waals surface area contributed by atoms with Crippen molar-refractivity contribution in [3.63, 3.8) is 0 Å². The van der Waals surface area contributed by atoms with Crippen LogP contribution in [0.25, 0.3) is 0 Å². The number of amides is 2. The highest BCUT2D eigenvalue weighted by Gasteiger charge is 2.09. The number of methoxy groups -OCH3 is 1. The molecule has 6 nitrogen and oxygen atoms in total. The summed E-state index contributed by atoms with van der Waals surface area (Å²) in [6, 6.07) is 3.71. The third kappa shape index (κ3) is 5.46. The predicted molar refractivity (Wildman–Crippen MR) is 76.5 cm³/mol. The fourth-order valence-electron chi connectivity index (χ4n) is 1.57. The minimum atomic E-state index is -1.11. The third-order valence-electron chi connectivity index (χ3n) is 2.46. The van der Waals surface area contributed by atoms with E-state index in [-0.39, 0.29) is 16.5 Å². The van der Waals surface area contributed by atoms with Crippen LogP contribution in [0.1, 0.15) is 17.3 Å². The topological polar surface area (TPSA) is 87.7 Å². The highest BCUT2D eigenvalue weighted by molar-refractivity contribution is 6.31. The van der Waals surface area contributed by atoms with Crippen molar-refractivity contribution in [2.45, 2.75) is 6.92 Å². The Labute approximate surface area is 122 Å². The number of nitrogens with one attached hydrogen (secondary N) is 2. The Morgan fingerprint density at radius 1 is 1.40 bits per heavy atom. The summed E-state index contributed by atoms with van der Waals surface area (Å²) < 4.78 is 4.96. The molecule has 0 saturated carbocycles. The van der Waals surface area contributed by atoms with E-state index in [1.807, 2.05) is 6.92 Å². The third-order valence-corrected chi connectivity index (χ3v) is 2.68. The van der Waals surface area contributed by atoms with Crippen LogP contribution in [0.2, 0.25) is 5.02 Å². The molecule has 0 aromatic heterocycles. The summed E-state index contributed by atoms with van der Waals surface area (Å²) in [5.74, 6) is -0.927. The van der Waals surface area contributed by atoms with E-state index in [4.69, 9.17) is 21.4 Å². The first-order valence-corrected chi connectivity index (χ1v) is 6.38.